The first-order valence-corrected chi connectivity index (χ1v) is 4.04. The van der Waals surface area contributed by atoms with E-state index in [0.29, 0.717) is 13.2 Å². The van der Waals surface area contributed by atoms with E-state index in [1.54, 1.807) is 0 Å². The molecule has 65 valence electrons. The van der Waals surface area contributed by atoms with Crippen molar-refractivity contribution in [2.24, 2.45) is 5.73 Å². The Labute approximate surface area is 73.3 Å². The van der Waals surface area contributed by atoms with Gasteiger partial charge >= 0.3 is 0 Å². The minimum absolute atomic E-state index is 0.102. The lowest BCUT2D eigenvalue weighted by atomic mass is 10.1. The first-order valence-electron chi connectivity index (χ1n) is 4.04. The molecule has 1 unspecified atom stereocenters. The SMILES string of the molecule is [CH2]C(OCCN)c1ccccc1. The van der Waals surface area contributed by atoms with Gasteiger partial charge in [-0.25, -0.2) is 0 Å². The van der Waals surface area contributed by atoms with E-state index in [4.69, 9.17) is 10.5 Å². The van der Waals surface area contributed by atoms with Crippen molar-refractivity contribution in [1.82, 2.24) is 0 Å². The Morgan fingerprint density at radius 3 is 2.58 bits per heavy atom. The average molecular weight is 164 g/mol. The van der Waals surface area contributed by atoms with Crippen LogP contribution >= 0.6 is 0 Å². The molecule has 0 spiro atoms. The summed E-state index contributed by atoms with van der Waals surface area (Å²) in [5.74, 6) is 0. The molecule has 1 atom stereocenters. The van der Waals surface area contributed by atoms with Crippen molar-refractivity contribution in [3.8, 4) is 0 Å². The van der Waals surface area contributed by atoms with E-state index in [2.05, 4.69) is 6.92 Å². The molecule has 12 heavy (non-hydrogen) atoms. The summed E-state index contributed by atoms with van der Waals surface area (Å²) < 4.78 is 5.34. The van der Waals surface area contributed by atoms with Gasteiger partial charge in [0.25, 0.3) is 0 Å². The van der Waals surface area contributed by atoms with Crippen molar-refractivity contribution in [2.45, 2.75) is 6.10 Å². The molecule has 0 bridgehead atoms. The highest BCUT2D eigenvalue weighted by Gasteiger charge is 2.02. The third-order valence-corrected chi connectivity index (χ3v) is 1.61. The number of rotatable bonds is 4. The highest BCUT2D eigenvalue weighted by atomic mass is 16.5. The van der Waals surface area contributed by atoms with Crippen molar-refractivity contribution in [3.63, 3.8) is 0 Å². The topological polar surface area (TPSA) is 35.2 Å². The van der Waals surface area contributed by atoms with E-state index in [-0.39, 0.29) is 6.10 Å². The molecule has 0 aromatic heterocycles. The Hall–Kier alpha value is -0.860. The van der Waals surface area contributed by atoms with Gasteiger partial charge in [0.2, 0.25) is 0 Å². The van der Waals surface area contributed by atoms with Gasteiger partial charge in [0, 0.05) is 6.54 Å². The molecular formula is C10H14NO. The fourth-order valence-corrected chi connectivity index (χ4v) is 0.974. The highest BCUT2D eigenvalue weighted by Crippen LogP contribution is 2.14. The lowest BCUT2D eigenvalue weighted by Gasteiger charge is -2.11. The molecule has 1 rings (SSSR count). The van der Waals surface area contributed by atoms with Crippen LogP contribution in [0, 0.1) is 6.92 Å². The average Bonchev–Trinajstić information content (AvgIpc) is 2.15. The zero-order chi connectivity index (χ0) is 8.81. The predicted molar refractivity (Wildman–Crippen MR) is 49.5 cm³/mol. The van der Waals surface area contributed by atoms with Gasteiger partial charge in [0.15, 0.2) is 0 Å². The van der Waals surface area contributed by atoms with Gasteiger partial charge in [0.05, 0.1) is 12.7 Å². The van der Waals surface area contributed by atoms with Crippen LogP contribution in [-0.2, 0) is 4.74 Å². The van der Waals surface area contributed by atoms with Crippen LogP contribution < -0.4 is 5.73 Å². The quantitative estimate of drug-likeness (QED) is 0.732. The third-order valence-electron chi connectivity index (χ3n) is 1.61. The predicted octanol–water partition coefficient (Wildman–Crippen LogP) is 1.54. The van der Waals surface area contributed by atoms with Gasteiger partial charge < -0.3 is 10.5 Å². The van der Waals surface area contributed by atoms with Crippen LogP contribution in [0.5, 0.6) is 0 Å². The second kappa shape index (κ2) is 4.91. The maximum Gasteiger partial charge on any atom is 0.0826 e. The maximum atomic E-state index is 5.34. The van der Waals surface area contributed by atoms with Crippen LogP contribution in [0.15, 0.2) is 30.3 Å². The molecule has 1 radical (unpaired) electrons. The van der Waals surface area contributed by atoms with Gasteiger partial charge in [-0.1, -0.05) is 30.3 Å². The summed E-state index contributed by atoms with van der Waals surface area (Å²) in [7, 11) is 0. The summed E-state index contributed by atoms with van der Waals surface area (Å²) in [6.45, 7) is 4.97. The Morgan fingerprint density at radius 1 is 1.33 bits per heavy atom. The van der Waals surface area contributed by atoms with Gasteiger partial charge in [0.1, 0.15) is 0 Å². The first-order chi connectivity index (χ1) is 5.84. The van der Waals surface area contributed by atoms with Gasteiger partial charge in [-0.3, -0.25) is 0 Å². The molecule has 0 saturated carbocycles. The number of nitrogens with two attached hydrogens (primary N) is 1. The Kier molecular flexibility index (Phi) is 3.77. The third kappa shape index (κ3) is 2.64. The Bertz CT molecular complexity index is 210. The maximum absolute atomic E-state index is 5.34. The van der Waals surface area contributed by atoms with Crippen LogP contribution in [-0.4, -0.2) is 13.2 Å². The second-order valence-electron chi connectivity index (χ2n) is 2.56. The molecule has 0 fully saturated rings. The molecule has 0 aliphatic heterocycles. The van der Waals surface area contributed by atoms with Crippen molar-refractivity contribution in [2.75, 3.05) is 13.2 Å². The Morgan fingerprint density at radius 2 is 2.00 bits per heavy atom. The van der Waals surface area contributed by atoms with E-state index < -0.39 is 0 Å². The van der Waals surface area contributed by atoms with Crippen LogP contribution in [0.3, 0.4) is 0 Å². The summed E-state index contributed by atoms with van der Waals surface area (Å²) in [4.78, 5) is 0. The van der Waals surface area contributed by atoms with Crippen molar-refractivity contribution < 1.29 is 4.74 Å². The number of hydrogen-bond donors (Lipinski definition) is 1. The van der Waals surface area contributed by atoms with Crippen LogP contribution in [0.2, 0.25) is 0 Å². The molecule has 2 N–H and O–H groups in total. The standard InChI is InChI=1S/C10H14NO/c1-9(12-8-7-11)10-5-3-2-4-6-10/h2-6,9H,1,7-8,11H2. The van der Waals surface area contributed by atoms with Gasteiger partial charge in [-0.15, -0.1) is 0 Å². The van der Waals surface area contributed by atoms with E-state index >= 15 is 0 Å². The van der Waals surface area contributed by atoms with Gasteiger partial charge in [-0.2, -0.15) is 0 Å². The van der Waals surface area contributed by atoms with Crippen molar-refractivity contribution >= 4 is 0 Å². The largest absolute Gasteiger partial charge is 0.372 e. The van der Waals surface area contributed by atoms with E-state index in [1.807, 2.05) is 30.3 Å². The number of benzene rings is 1. The molecule has 2 heteroatoms. The molecule has 0 saturated heterocycles. The van der Waals surface area contributed by atoms with E-state index in [9.17, 15) is 0 Å². The normalized spacial score (nSPS) is 12.8. The highest BCUT2D eigenvalue weighted by molar-refractivity contribution is 5.18. The minimum atomic E-state index is -0.102. The summed E-state index contributed by atoms with van der Waals surface area (Å²) in [5.41, 5.74) is 6.39. The molecule has 0 aliphatic rings. The van der Waals surface area contributed by atoms with E-state index in [0.717, 1.165) is 5.56 Å². The molecule has 1 aromatic carbocycles. The van der Waals surface area contributed by atoms with Crippen LogP contribution in [0.4, 0.5) is 0 Å². The molecule has 2 nitrogen and oxygen atoms in total. The molecule has 0 amide bonds. The van der Waals surface area contributed by atoms with Gasteiger partial charge in [-0.05, 0) is 12.5 Å². The molecular weight excluding hydrogens is 150 g/mol. The minimum Gasteiger partial charge on any atom is -0.372 e. The second-order valence-corrected chi connectivity index (χ2v) is 2.56. The first kappa shape index (κ1) is 9.23. The van der Waals surface area contributed by atoms with Crippen LogP contribution in [0.25, 0.3) is 0 Å². The molecule has 0 heterocycles. The number of ether oxygens (including phenoxy) is 1. The summed E-state index contributed by atoms with van der Waals surface area (Å²) in [5, 5.41) is 0. The summed E-state index contributed by atoms with van der Waals surface area (Å²) in [6, 6.07) is 9.90. The fourth-order valence-electron chi connectivity index (χ4n) is 0.974. The van der Waals surface area contributed by atoms with Crippen molar-refractivity contribution in [3.05, 3.63) is 42.8 Å². The smallest absolute Gasteiger partial charge is 0.0826 e. The molecule has 0 aliphatic carbocycles. The number of hydrogen-bond acceptors (Lipinski definition) is 2. The van der Waals surface area contributed by atoms with Crippen molar-refractivity contribution in [1.29, 1.82) is 0 Å². The Balaban J connectivity index is 2.48. The lowest BCUT2D eigenvalue weighted by Crippen LogP contribution is -2.10. The lowest BCUT2D eigenvalue weighted by molar-refractivity contribution is 0.0898. The zero-order valence-electron chi connectivity index (χ0n) is 7.07. The monoisotopic (exact) mass is 164 g/mol. The van der Waals surface area contributed by atoms with Crippen LogP contribution in [0.1, 0.15) is 11.7 Å². The summed E-state index contributed by atoms with van der Waals surface area (Å²) >= 11 is 0. The van der Waals surface area contributed by atoms with E-state index in [1.165, 1.54) is 0 Å². The molecule has 1 aromatic rings. The zero-order valence-corrected chi connectivity index (χ0v) is 7.07. The summed E-state index contributed by atoms with van der Waals surface area (Å²) in [6.07, 6.45) is -0.102. The fraction of sp³-hybridized carbons (Fsp3) is 0.300.